The first-order chi connectivity index (χ1) is 26.6. The molecule has 0 bridgehead atoms. The summed E-state index contributed by atoms with van der Waals surface area (Å²) in [6.07, 6.45) is 7.93. The van der Waals surface area contributed by atoms with Crippen LogP contribution >= 0.6 is 0 Å². The summed E-state index contributed by atoms with van der Waals surface area (Å²) in [6, 6.07) is 57.5. The third-order valence-corrected chi connectivity index (χ3v) is 9.42. The third-order valence-electron chi connectivity index (χ3n) is 9.42. The maximum Gasteiger partial charge on any atom is 3.00 e. The number of nitrogens with zero attached hydrogens (tertiary/aromatic N) is 2. The van der Waals surface area contributed by atoms with Crippen molar-refractivity contribution in [2.75, 3.05) is 0 Å². The van der Waals surface area contributed by atoms with Crippen molar-refractivity contribution >= 4 is 0 Å². The van der Waals surface area contributed by atoms with E-state index in [0.717, 1.165) is 61.2 Å². The average molecular weight is 894 g/mol. The van der Waals surface area contributed by atoms with Crippen LogP contribution in [-0.4, -0.2) is 9.97 Å². The van der Waals surface area contributed by atoms with E-state index in [-0.39, 0.29) is 20.1 Å². The molecule has 272 valence electrons. The van der Waals surface area contributed by atoms with Gasteiger partial charge in [0.25, 0.3) is 0 Å². The first kappa shape index (κ1) is 42.3. The number of aryl methyl sites for hydroxylation is 8. The molecular weight excluding hydrogens is 853 g/mol. The molecule has 0 spiro atoms. The van der Waals surface area contributed by atoms with Crippen LogP contribution in [0.4, 0.5) is 0 Å². The van der Waals surface area contributed by atoms with Crippen LogP contribution in [0, 0.1) is 45.3 Å². The van der Waals surface area contributed by atoms with Crippen molar-refractivity contribution in [3.8, 4) is 33.5 Å². The first-order valence-corrected chi connectivity index (χ1v) is 18.0. The summed E-state index contributed by atoms with van der Waals surface area (Å²) < 4.78 is 15.0. The Bertz CT molecular complexity index is 2200. The minimum atomic E-state index is 0. The fourth-order valence-corrected chi connectivity index (χ4v) is 6.76. The molecule has 55 heavy (non-hydrogen) atoms. The van der Waals surface area contributed by atoms with Gasteiger partial charge in [0.2, 0.25) is 0 Å². The predicted octanol–water partition coefficient (Wildman–Crippen LogP) is 10.8. The van der Waals surface area contributed by atoms with Gasteiger partial charge < -0.3 is 9.97 Å². The van der Waals surface area contributed by atoms with Crippen LogP contribution in [0.15, 0.2) is 140 Å². The largest absolute Gasteiger partial charge is 3.00 e. The molecule has 0 radical (unpaired) electrons. The van der Waals surface area contributed by atoms with E-state index < -0.39 is 0 Å². The summed E-state index contributed by atoms with van der Waals surface area (Å²) in [5.41, 5.74) is 16.6. The summed E-state index contributed by atoms with van der Waals surface area (Å²) in [7, 11) is 0. The van der Waals surface area contributed by atoms with Crippen LogP contribution in [-0.2, 0) is 67.9 Å². The zero-order valence-electron chi connectivity index (χ0n) is 31.1. The molecule has 0 N–H and O–H groups in total. The molecule has 4 nitrogen and oxygen atoms in total. The van der Waals surface area contributed by atoms with Gasteiger partial charge in [0.05, 0.1) is 0 Å². The molecule has 2 aromatic heterocycles. The molecule has 0 unspecified atom stereocenters. The van der Waals surface area contributed by atoms with Crippen molar-refractivity contribution in [3.05, 3.63) is 216 Å². The molecule has 0 fully saturated rings. The van der Waals surface area contributed by atoms with Crippen molar-refractivity contribution in [1.29, 1.82) is 0 Å². The van der Waals surface area contributed by atoms with Gasteiger partial charge in [-0.3, -0.25) is 0 Å². The van der Waals surface area contributed by atoms with E-state index in [0.29, 0.717) is 0 Å². The molecular formula is C50H41IrN2O2. The summed E-state index contributed by atoms with van der Waals surface area (Å²) in [5, 5.41) is 0. The van der Waals surface area contributed by atoms with Crippen LogP contribution < -0.4 is 0 Å². The second kappa shape index (κ2) is 22.0. The Kier molecular flexibility index (Phi) is 16.9. The van der Waals surface area contributed by atoms with Gasteiger partial charge in [-0.15, -0.1) is 17.7 Å². The van der Waals surface area contributed by atoms with Gasteiger partial charge in [-0.25, -0.2) is 0 Å². The number of aromatic nitrogens is 2. The number of rotatable bonds is 12. The van der Waals surface area contributed by atoms with Gasteiger partial charge in [-0.2, -0.15) is 71.8 Å². The SMILES string of the molecule is Cc1c[c-]c(-c2cc(-c3ccc(-c4ccccc4)cc3)c(CCc3cc(CCc4c[c-]ccc4)cc(CCc4c[c-]ccc4)c3)cn2)c(C)n1.[C-]#[O+].[C-]#[O+].[Ir+3]. The van der Waals surface area contributed by atoms with Crippen molar-refractivity contribution in [2.45, 2.75) is 52.4 Å². The average Bonchev–Trinajstić information content (AvgIpc) is 3.24. The molecule has 7 rings (SSSR count). The summed E-state index contributed by atoms with van der Waals surface area (Å²) in [6.45, 7) is 13.0. The van der Waals surface area contributed by atoms with Crippen molar-refractivity contribution in [1.82, 2.24) is 9.97 Å². The van der Waals surface area contributed by atoms with Gasteiger partial charge in [-0.05, 0) is 87.3 Å². The van der Waals surface area contributed by atoms with Gasteiger partial charge in [-0.1, -0.05) is 106 Å². The Labute approximate surface area is 339 Å². The molecule has 0 atom stereocenters. The summed E-state index contributed by atoms with van der Waals surface area (Å²) in [5.74, 6) is 0. The normalized spacial score (nSPS) is 10.1. The zero-order valence-corrected chi connectivity index (χ0v) is 33.5. The smallest absolute Gasteiger partial charge is 3.00 e. The Morgan fingerprint density at radius 3 is 1.58 bits per heavy atom. The Morgan fingerprint density at radius 2 is 1.05 bits per heavy atom. The van der Waals surface area contributed by atoms with Crippen molar-refractivity contribution in [2.24, 2.45) is 0 Å². The maximum absolute atomic E-state index is 7.50. The second-order valence-corrected chi connectivity index (χ2v) is 13.2. The molecule has 0 saturated heterocycles. The van der Waals surface area contributed by atoms with E-state index in [1.54, 1.807) is 0 Å². The molecule has 0 aliphatic carbocycles. The number of hydrogen-bond acceptors (Lipinski definition) is 2. The Balaban J connectivity index is 0.00000130. The molecule has 7 aromatic rings. The van der Waals surface area contributed by atoms with Crippen molar-refractivity contribution < 1.29 is 29.4 Å². The van der Waals surface area contributed by atoms with Gasteiger partial charge in [0.1, 0.15) is 0 Å². The fraction of sp³-hybridized carbons (Fsp3) is 0.160. The number of benzene rings is 5. The zero-order chi connectivity index (χ0) is 38.1. The summed E-state index contributed by atoms with van der Waals surface area (Å²) >= 11 is 0. The maximum atomic E-state index is 7.50. The standard InChI is InChI=1S/C48H41N2.2CO.Ir/c1-35-18-29-46(36(2)50-35)48-33-47(44-27-25-43(26-28-44)42-16-10-5-11-17-42)45(34-49-48)24-23-41-31-39(21-19-37-12-6-3-7-13-37)30-40(32-41)22-20-38-14-8-4-9-15-38;2*1-2;/h3-6,8,10-18,25-28,30-34H,19-24H2,1-2H3;;;/q-3;;;+3. The minimum Gasteiger partial charge on any atom is 3.00 e. The molecule has 5 heteroatoms. The number of hydrogen-bond donors (Lipinski definition) is 0. The third kappa shape index (κ3) is 12.0. The van der Waals surface area contributed by atoms with Crippen LogP contribution in [0.1, 0.15) is 44.8 Å². The molecule has 5 aromatic carbocycles. The van der Waals surface area contributed by atoms with E-state index in [9.17, 15) is 0 Å². The van der Waals surface area contributed by atoms with E-state index >= 15 is 0 Å². The number of pyridine rings is 2. The molecule has 0 aliphatic heterocycles. The van der Waals surface area contributed by atoms with E-state index in [1.807, 2.05) is 32.0 Å². The Hall–Kier alpha value is -5.47. The monoisotopic (exact) mass is 894 g/mol. The van der Waals surface area contributed by atoms with Crippen molar-refractivity contribution in [3.63, 3.8) is 0 Å². The van der Waals surface area contributed by atoms with Crippen LogP contribution in [0.25, 0.3) is 33.5 Å². The Morgan fingerprint density at radius 1 is 0.545 bits per heavy atom. The topological polar surface area (TPSA) is 65.6 Å². The van der Waals surface area contributed by atoms with Crippen LogP contribution in [0.5, 0.6) is 0 Å². The van der Waals surface area contributed by atoms with Gasteiger partial charge in [0, 0.05) is 6.20 Å². The van der Waals surface area contributed by atoms with E-state index in [4.69, 9.17) is 19.3 Å². The molecule has 0 amide bonds. The minimum absolute atomic E-state index is 0. The first-order valence-electron chi connectivity index (χ1n) is 18.0. The predicted molar refractivity (Wildman–Crippen MR) is 214 cm³/mol. The van der Waals surface area contributed by atoms with E-state index in [1.165, 1.54) is 55.6 Å². The molecule has 0 saturated carbocycles. The molecule has 0 aliphatic rings. The quantitative estimate of drug-likeness (QED) is 0.0906. The van der Waals surface area contributed by atoms with Crippen LogP contribution in [0.3, 0.4) is 0 Å². The fourth-order valence-electron chi connectivity index (χ4n) is 6.76. The van der Waals surface area contributed by atoms with Gasteiger partial charge in [0.15, 0.2) is 0 Å². The van der Waals surface area contributed by atoms with Gasteiger partial charge >= 0.3 is 42.7 Å². The second-order valence-electron chi connectivity index (χ2n) is 13.2. The molecule has 2 heterocycles. The van der Waals surface area contributed by atoms with E-state index in [2.05, 4.69) is 153 Å². The van der Waals surface area contributed by atoms with Crippen LogP contribution in [0.2, 0.25) is 0 Å². The summed E-state index contributed by atoms with van der Waals surface area (Å²) in [4.78, 5) is 9.69.